The Kier molecular flexibility index (Phi) is 6.30. The van der Waals surface area contributed by atoms with Crippen molar-refractivity contribution in [3.05, 3.63) is 29.6 Å². The van der Waals surface area contributed by atoms with Gasteiger partial charge in [0.1, 0.15) is 0 Å². The maximum Gasteiger partial charge on any atom is 0.165 e. The molecule has 0 spiro atoms. The summed E-state index contributed by atoms with van der Waals surface area (Å²) in [4.78, 5) is 2.20. The largest absolute Gasteiger partial charge is 0.494 e. The number of benzene rings is 1. The van der Waals surface area contributed by atoms with Crippen molar-refractivity contribution >= 4 is 11.6 Å². The zero-order valence-electron chi connectivity index (χ0n) is 10.4. The summed E-state index contributed by atoms with van der Waals surface area (Å²) in [6, 6.07) is 5.11. The van der Waals surface area contributed by atoms with Gasteiger partial charge in [0.25, 0.3) is 0 Å². The molecule has 0 aromatic heterocycles. The molecule has 0 bridgehead atoms. The molecular weight excluding hydrogens is 241 g/mol. The van der Waals surface area contributed by atoms with Crippen molar-refractivity contribution in [3.8, 4) is 5.75 Å². The van der Waals surface area contributed by atoms with Crippen LogP contribution in [0, 0.1) is 5.82 Å². The van der Waals surface area contributed by atoms with Gasteiger partial charge >= 0.3 is 0 Å². The summed E-state index contributed by atoms with van der Waals surface area (Å²) in [5.41, 5.74) is 0.987. The van der Waals surface area contributed by atoms with Gasteiger partial charge in [-0.2, -0.15) is 0 Å². The third-order valence-corrected chi connectivity index (χ3v) is 2.94. The molecule has 0 saturated carbocycles. The van der Waals surface area contributed by atoms with Crippen molar-refractivity contribution < 1.29 is 9.13 Å². The van der Waals surface area contributed by atoms with Crippen LogP contribution < -0.4 is 4.74 Å². The summed E-state index contributed by atoms with van der Waals surface area (Å²) in [7, 11) is 3.52. The van der Waals surface area contributed by atoms with Crippen molar-refractivity contribution in [2.75, 3.05) is 33.1 Å². The fourth-order valence-corrected chi connectivity index (χ4v) is 1.75. The van der Waals surface area contributed by atoms with Crippen molar-refractivity contribution in [1.29, 1.82) is 0 Å². The zero-order chi connectivity index (χ0) is 12.7. The minimum atomic E-state index is -0.298. The molecule has 4 heteroatoms. The average Bonchev–Trinajstić information content (AvgIpc) is 2.34. The van der Waals surface area contributed by atoms with Gasteiger partial charge in [-0.05, 0) is 44.1 Å². The second-order valence-corrected chi connectivity index (χ2v) is 4.44. The van der Waals surface area contributed by atoms with Crippen LogP contribution in [0.1, 0.15) is 12.0 Å². The third-order valence-electron chi connectivity index (χ3n) is 2.67. The predicted octanol–water partition coefficient (Wildman–Crippen LogP) is 2.94. The molecule has 96 valence electrons. The monoisotopic (exact) mass is 259 g/mol. The van der Waals surface area contributed by atoms with Gasteiger partial charge in [-0.3, -0.25) is 0 Å². The van der Waals surface area contributed by atoms with E-state index in [1.165, 1.54) is 13.2 Å². The number of methoxy groups -OCH3 is 1. The molecule has 0 radical (unpaired) electrons. The van der Waals surface area contributed by atoms with E-state index in [9.17, 15) is 4.39 Å². The summed E-state index contributed by atoms with van der Waals surface area (Å²) >= 11 is 5.63. The van der Waals surface area contributed by atoms with E-state index in [4.69, 9.17) is 16.3 Å². The number of hydrogen-bond donors (Lipinski definition) is 0. The summed E-state index contributed by atoms with van der Waals surface area (Å²) in [6.45, 7) is 1.88. The molecule has 0 fully saturated rings. The first-order valence-electron chi connectivity index (χ1n) is 5.74. The van der Waals surface area contributed by atoms with E-state index in [2.05, 4.69) is 4.90 Å². The summed E-state index contributed by atoms with van der Waals surface area (Å²) < 4.78 is 18.3. The molecule has 0 saturated heterocycles. The Hall–Kier alpha value is -0.800. The minimum absolute atomic E-state index is 0.296. The highest BCUT2D eigenvalue weighted by atomic mass is 35.5. The van der Waals surface area contributed by atoms with E-state index in [0.717, 1.165) is 31.5 Å². The number of nitrogens with zero attached hydrogens (tertiary/aromatic N) is 1. The molecular formula is C13H19ClFNO. The second-order valence-electron chi connectivity index (χ2n) is 4.06. The fourth-order valence-electron chi connectivity index (χ4n) is 1.63. The van der Waals surface area contributed by atoms with Crippen LogP contribution in [0.15, 0.2) is 18.2 Å². The zero-order valence-corrected chi connectivity index (χ0v) is 11.1. The summed E-state index contributed by atoms with van der Waals surface area (Å²) in [6.07, 6.45) is 1.81. The van der Waals surface area contributed by atoms with E-state index in [0.29, 0.717) is 11.6 Å². The topological polar surface area (TPSA) is 12.5 Å². The highest BCUT2D eigenvalue weighted by Crippen LogP contribution is 2.17. The van der Waals surface area contributed by atoms with Crippen LogP contribution in [0.3, 0.4) is 0 Å². The van der Waals surface area contributed by atoms with E-state index in [-0.39, 0.29) is 5.82 Å². The first kappa shape index (κ1) is 14.3. The number of likely N-dealkylation sites (N-methyl/N-ethyl adjacent to an activating group) is 1. The van der Waals surface area contributed by atoms with Gasteiger partial charge < -0.3 is 9.64 Å². The fraction of sp³-hybridized carbons (Fsp3) is 0.538. The van der Waals surface area contributed by atoms with Crippen LogP contribution in [0.25, 0.3) is 0 Å². The average molecular weight is 260 g/mol. The molecule has 0 amide bonds. The standard InChI is InChI=1S/C13H19ClFNO/c1-16(8-3-7-14)9-6-11-4-5-13(17-2)12(15)10-11/h4-5,10H,3,6-9H2,1-2H3. The van der Waals surface area contributed by atoms with Crippen molar-refractivity contribution in [1.82, 2.24) is 4.90 Å². The van der Waals surface area contributed by atoms with E-state index < -0.39 is 0 Å². The molecule has 0 N–H and O–H groups in total. The van der Waals surface area contributed by atoms with Gasteiger partial charge in [0.15, 0.2) is 11.6 Å². The lowest BCUT2D eigenvalue weighted by Gasteiger charge is -2.15. The Bertz CT molecular complexity index is 346. The van der Waals surface area contributed by atoms with Crippen LogP contribution in [-0.2, 0) is 6.42 Å². The Morgan fingerprint density at radius 3 is 2.71 bits per heavy atom. The Morgan fingerprint density at radius 1 is 1.35 bits per heavy atom. The highest BCUT2D eigenvalue weighted by molar-refractivity contribution is 6.17. The number of halogens is 2. The van der Waals surface area contributed by atoms with Crippen molar-refractivity contribution in [2.45, 2.75) is 12.8 Å². The van der Waals surface area contributed by atoms with Crippen LogP contribution in [-0.4, -0.2) is 38.0 Å². The predicted molar refractivity (Wildman–Crippen MR) is 69.5 cm³/mol. The second kappa shape index (κ2) is 7.51. The molecule has 0 aliphatic carbocycles. The summed E-state index contributed by atoms with van der Waals surface area (Å²) in [5, 5.41) is 0. The van der Waals surface area contributed by atoms with Crippen LogP contribution in [0.4, 0.5) is 4.39 Å². The van der Waals surface area contributed by atoms with Crippen LogP contribution in [0.2, 0.25) is 0 Å². The maximum atomic E-state index is 13.4. The van der Waals surface area contributed by atoms with Crippen LogP contribution >= 0.6 is 11.6 Å². The molecule has 1 aromatic carbocycles. The van der Waals surface area contributed by atoms with E-state index >= 15 is 0 Å². The number of ether oxygens (including phenoxy) is 1. The van der Waals surface area contributed by atoms with Gasteiger partial charge in [-0.25, -0.2) is 4.39 Å². The molecule has 2 nitrogen and oxygen atoms in total. The van der Waals surface area contributed by atoms with Gasteiger partial charge in [0.05, 0.1) is 7.11 Å². The molecule has 0 atom stereocenters. The molecule has 1 rings (SSSR count). The van der Waals surface area contributed by atoms with Crippen LogP contribution in [0.5, 0.6) is 5.75 Å². The number of alkyl halides is 1. The van der Waals surface area contributed by atoms with Gasteiger partial charge in [0, 0.05) is 12.4 Å². The quantitative estimate of drug-likeness (QED) is 0.698. The van der Waals surface area contributed by atoms with Crippen molar-refractivity contribution in [2.24, 2.45) is 0 Å². The van der Waals surface area contributed by atoms with E-state index in [1.807, 2.05) is 13.1 Å². The Labute approximate surface area is 107 Å². The molecule has 17 heavy (non-hydrogen) atoms. The molecule has 1 aromatic rings. The Morgan fingerprint density at radius 2 is 2.12 bits per heavy atom. The summed E-state index contributed by atoms with van der Waals surface area (Å²) in [5.74, 6) is 0.680. The Balaban J connectivity index is 2.44. The molecule has 0 unspecified atom stereocenters. The van der Waals surface area contributed by atoms with Crippen molar-refractivity contribution in [3.63, 3.8) is 0 Å². The minimum Gasteiger partial charge on any atom is -0.494 e. The first-order valence-corrected chi connectivity index (χ1v) is 6.27. The molecule has 0 aliphatic rings. The maximum absolute atomic E-state index is 13.4. The van der Waals surface area contributed by atoms with Gasteiger partial charge in [0.2, 0.25) is 0 Å². The first-order chi connectivity index (χ1) is 8.17. The smallest absolute Gasteiger partial charge is 0.165 e. The normalized spacial score (nSPS) is 10.9. The third kappa shape index (κ3) is 4.92. The lowest BCUT2D eigenvalue weighted by Crippen LogP contribution is -2.22. The van der Waals surface area contributed by atoms with E-state index in [1.54, 1.807) is 6.07 Å². The molecule has 0 heterocycles. The number of hydrogen-bond acceptors (Lipinski definition) is 2. The highest BCUT2D eigenvalue weighted by Gasteiger charge is 2.04. The lowest BCUT2D eigenvalue weighted by atomic mass is 10.1. The SMILES string of the molecule is COc1ccc(CCN(C)CCCCl)cc1F. The number of rotatable bonds is 7. The molecule has 0 aliphatic heterocycles. The van der Waals surface area contributed by atoms with Gasteiger partial charge in [-0.15, -0.1) is 11.6 Å². The van der Waals surface area contributed by atoms with Gasteiger partial charge in [-0.1, -0.05) is 6.07 Å². The lowest BCUT2D eigenvalue weighted by molar-refractivity contribution is 0.339.